The third kappa shape index (κ3) is 5.69. The first-order valence-corrected chi connectivity index (χ1v) is 10.2. The van der Waals surface area contributed by atoms with E-state index in [-0.39, 0.29) is 36.1 Å². The van der Waals surface area contributed by atoms with Crippen LogP contribution in [0, 0.1) is 11.8 Å². The number of amides is 2. The molecule has 0 atom stereocenters. The van der Waals surface area contributed by atoms with Crippen LogP contribution in [-0.2, 0) is 24.5 Å². The van der Waals surface area contributed by atoms with E-state index in [9.17, 15) is 9.59 Å². The second-order valence-corrected chi connectivity index (χ2v) is 8.10. The first kappa shape index (κ1) is 21.1. The van der Waals surface area contributed by atoms with Crippen LogP contribution in [0.2, 0.25) is 0 Å². The quantitative estimate of drug-likeness (QED) is 0.627. The topological polar surface area (TPSA) is 109 Å². The van der Waals surface area contributed by atoms with E-state index in [1.807, 2.05) is 0 Å². The van der Waals surface area contributed by atoms with E-state index >= 15 is 0 Å². The average molecular weight is 402 g/mol. The Labute approximate surface area is 170 Å². The Bertz CT molecular complexity index is 818. The molecule has 0 aliphatic heterocycles. The van der Waals surface area contributed by atoms with Crippen molar-refractivity contribution in [3.63, 3.8) is 0 Å². The molecular formula is C21H30N4O4. The molecule has 0 radical (unpaired) electrons. The molecule has 8 heteroatoms. The van der Waals surface area contributed by atoms with Crippen LogP contribution in [0.25, 0.3) is 0 Å². The number of nitrogens with one attached hydrogen (secondary N) is 2. The van der Waals surface area contributed by atoms with Crippen molar-refractivity contribution in [3.8, 4) is 0 Å². The van der Waals surface area contributed by atoms with Crippen LogP contribution in [0.3, 0.4) is 0 Å². The summed E-state index contributed by atoms with van der Waals surface area (Å²) < 4.78 is 7.34. The molecular weight excluding hydrogens is 372 g/mol. The minimum Gasteiger partial charge on any atom is -0.453 e. The number of aliphatic hydroxyl groups is 1. The van der Waals surface area contributed by atoms with Gasteiger partial charge >= 0.3 is 0 Å². The van der Waals surface area contributed by atoms with Crippen molar-refractivity contribution in [1.29, 1.82) is 0 Å². The maximum absolute atomic E-state index is 12.5. The van der Waals surface area contributed by atoms with E-state index in [0.29, 0.717) is 18.2 Å². The minimum absolute atomic E-state index is 0.0294. The second kappa shape index (κ2) is 9.73. The van der Waals surface area contributed by atoms with Crippen LogP contribution < -0.4 is 10.6 Å². The lowest BCUT2D eigenvalue weighted by Gasteiger charge is -2.28. The Kier molecular flexibility index (Phi) is 7.09. The number of aromatic nitrogens is 2. The van der Waals surface area contributed by atoms with Gasteiger partial charge in [-0.1, -0.05) is 13.8 Å². The number of hydrogen-bond donors (Lipinski definition) is 3. The predicted molar refractivity (Wildman–Crippen MR) is 107 cm³/mol. The van der Waals surface area contributed by atoms with E-state index in [2.05, 4.69) is 34.0 Å². The molecule has 1 aliphatic carbocycles. The summed E-state index contributed by atoms with van der Waals surface area (Å²) >= 11 is 0. The van der Waals surface area contributed by atoms with Crippen molar-refractivity contribution < 1.29 is 19.1 Å². The van der Waals surface area contributed by atoms with Gasteiger partial charge in [0, 0.05) is 24.7 Å². The molecule has 2 aromatic heterocycles. The molecule has 1 saturated carbocycles. The van der Waals surface area contributed by atoms with Gasteiger partial charge in [0.2, 0.25) is 5.91 Å². The van der Waals surface area contributed by atoms with Gasteiger partial charge in [-0.15, -0.1) is 0 Å². The molecule has 2 amide bonds. The van der Waals surface area contributed by atoms with Crippen molar-refractivity contribution >= 4 is 11.8 Å². The lowest BCUT2D eigenvalue weighted by molar-refractivity contribution is -0.126. The third-order valence-electron chi connectivity index (χ3n) is 5.28. The number of nitrogens with zero attached hydrogens (tertiary/aromatic N) is 2. The lowest BCUT2D eigenvalue weighted by atomic mass is 9.85. The van der Waals surface area contributed by atoms with Crippen LogP contribution in [-0.4, -0.2) is 32.5 Å². The first-order chi connectivity index (χ1) is 14.0. The van der Waals surface area contributed by atoms with Crippen molar-refractivity contribution in [3.05, 3.63) is 41.9 Å². The molecule has 2 heterocycles. The molecule has 158 valence electrons. The van der Waals surface area contributed by atoms with Crippen molar-refractivity contribution in [2.45, 2.75) is 65.3 Å². The van der Waals surface area contributed by atoms with Gasteiger partial charge in [0.05, 0.1) is 18.6 Å². The summed E-state index contributed by atoms with van der Waals surface area (Å²) in [6.07, 6.45) is 6.58. The molecule has 3 rings (SSSR count). The highest BCUT2D eigenvalue weighted by Crippen LogP contribution is 2.25. The molecule has 0 spiro atoms. The molecule has 29 heavy (non-hydrogen) atoms. The molecule has 0 saturated heterocycles. The van der Waals surface area contributed by atoms with Crippen molar-refractivity contribution in [2.24, 2.45) is 11.8 Å². The minimum atomic E-state index is -0.281. The molecule has 0 aromatic carbocycles. The predicted octanol–water partition coefficient (Wildman–Crippen LogP) is 2.23. The fourth-order valence-electron chi connectivity index (χ4n) is 3.72. The van der Waals surface area contributed by atoms with Crippen molar-refractivity contribution in [1.82, 2.24) is 20.2 Å². The molecule has 2 aromatic rings. The Morgan fingerprint density at radius 1 is 1.28 bits per heavy atom. The Morgan fingerprint density at radius 3 is 2.69 bits per heavy atom. The van der Waals surface area contributed by atoms with Crippen LogP contribution >= 0.6 is 0 Å². The molecule has 8 nitrogen and oxygen atoms in total. The number of furan rings is 1. The van der Waals surface area contributed by atoms with E-state index in [4.69, 9.17) is 9.52 Å². The number of rotatable bonds is 8. The van der Waals surface area contributed by atoms with E-state index in [1.54, 1.807) is 24.7 Å². The third-order valence-corrected chi connectivity index (χ3v) is 5.28. The first-order valence-electron chi connectivity index (χ1n) is 10.2. The summed E-state index contributed by atoms with van der Waals surface area (Å²) in [5, 5.41) is 15.0. The fraction of sp³-hybridized carbons (Fsp3) is 0.571. The van der Waals surface area contributed by atoms with E-state index in [1.165, 1.54) is 0 Å². The highest BCUT2D eigenvalue weighted by molar-refractivity contribution is 5.91. The number of aliphatic hydroxyl groups excluding tert-OH is 1. The Hall–Kier alpha value is -2.61. The number of carbonyl (C=O) groups excluding carboxylic acids is 2. The zero-order valence-corrected chi connectivity index (χ0v) is 17.1. The summed E-state index contributed by atoms with van der Waals surface area (Å²) in [7, 11) is 0. The van der Waals surface area contributed by atoms with E-state index in [0.717, 1.165) is 37.9 Å². The van der Waals surface area contributed by atoms with Gasteiger partial charge in [-0.2, -0.15) is 0 Å². The van der Waals surface area contributed by atoms with Gasteiger partial charge < -0.3 is 24.7 Å². The maximum atomic E-state index is 12.5. The summed E-state index contributed by atoms with van der Waals surface area (Å²) in [5.41, 5.74) is 1.01. The van der Waals surface area contributed by atoms with Gasteiger partial charge in [-0.05, 0) is 43.7 Å². The van der Waals surface area contributed by atoms with Gasteiger partial charge in [0.1, 0.15) is 12.4 Å². The monoisotopic (exact) mass is 402 g/mol. The van der Waals surface area contributed by atoms with Gasteiger partial charge in [0.25, 0.3) is 5.91 Å². The Balaban J connectivity index is 1.42. The summed E-state index contributed by atoms with van der Waals surface area (Å²) in [6.45, 7) is 5.43. The number of imidazole rings is 1. The standard InChI is InChI=1S/C21H30N4O4/c1-14(2)11-25-13-22-9-17(25)10-23-20(27)15-3-5-16(6-4-15)24-21(28)19-8-7-18(12-26)29-19/h7-9,13-16,26H,3-6,10-12H2,1-2H3,(H,23,27)(H,24,28). The molecule has 3 N–H and O–H groups in total. The van der Waals surface area contributed by atoms with Crippen LogP contribution in [0.4, 0.5) is 0 Å². The SMILES string of the molecule is CC(C)Cn1cncc1CNC(=O)C1CCC(NC(=O)c2ccc(CO)o2)CC1. The normalized spacial score (nSPS) is 19.3. The van der Waals surface area contributed by atoms with Crippen LogP contribution in [0.15, 0.2) is 29.1 Å². The second-order valence-electron chi connectivity index (χ2n) is 8.10. The van der Waals surface area contributed by atoms with Crippen LogP contribution in [0.1, 0.15) is 61.5 Å². The Morgan fingerprint density at radius 2 is 2.03 bits per heavy atom. The highest BCUT2D eigenvalue weighted by atomic mass is 16.4. The smallest absolute Gasteiger partial charge is 0.287 e. The van der Waals surface area contributed by atoms with E-state index < -0.39 is 0 Å². The largest absolute Gasteiger partial charge is 0.453 e. The average Bonchev–Trinajstić information content (AvgIpc) is 3.35. The lowest BCUT2D eigenvalue weighted by Crippen LogP contribution is -2.40. The zero-order valence-electron chi connectivity index (χ0n) is 17.1. The molecule has 1 aliphatic rings. The summed E-state index contributed by atoms with van der Waals surface area (Å²) in [4.78, 5) is 29.0. The number of carbonyl (C=O) groups is 2. The van der Waals surface area contributed by atoms with Gasteiger partial charge in [-0.3, -0.25) is 9.59 Å². The molecule has 0 unspecified atom stereocenters. The fourth-order valence-corrected chi connectivity index (χ4v) is 3.72. The van der Waals surface area contributed by atoms with Gasteiger partial charge in [0.15, 0.2) is 5.76 Å². The van der Waals surface area contributed by atoms with Crippen molar-refractivity contribution in [2.75, 3.05) is 0 Å². The summed E-state index contributed by atoms with van der Waals surface area (Å²) in [6, 6.07) is 3.18. The summed E-state index contributed by atoms with van der Waals surface area (Å²) in [5.74, 6) is 0.827. The number of hydrogen-bond acceptors (Lipinski definition) is 5. The van der Waals surface area contributed by atoms with Crippen LogP contribution in [0.5, 0.6) is 0 Å². The molecule has 1 fully saturated rings. The highest BCUT2D eigenvalue weighted by Gasteiger charge is 2.27. The maximum Gasteiger partial charge on any atom is 0.287 e. The van der Waals surface area contributed by atoms with Gasteiger partial charge in [-0.25, -0.2) is 4.98 Å². The molecule has 0 bridgehead atoms. The zero-order chi connectivity index (χ0) is 20.8.